The maximum Gasteiger partial charge on any atom is 0.153 e. The third kappa shape index (κ3) is 4.49. The highest BCUT2D eigenvalue weighted by Gasteiger charge is 2.04. The lowest BCUT2D eigenvalue weighted by Gasteiger charge is -2.09. The third-order valence-corrected chi connectivity index (χ3v) is 2.19. The molecule has 0 spiro atoms. The monoisotopic (exact) mass is 254 g/mol. The van der Waals surface area contributed by atoms with E-state index in [9.17, 15) is 4.79 Å². The molecule has 1 aromatic rings. The molecule has 1 rings (SSSR count). The van der Waals surface area contributed by atoms with Gasteiger partial charge in [-0.1, -0.05) is 18.5 Å². The Morgan fingerprint density at radius 1 is 1.35 bits per heavy atom. The van der Waals surface area contributed by atoms with Gasteiger partial charge >= 0.3 is 0 Å². The molecule has 0 radical (unpaired) electrons. The first-order valence-corrected chi connectivity index (χ1v) is 5.85. The zero-order valence-electron chi connectivity index (χ0n) is 9.69. The second-order valence-corrected chi connectivity index (χ2v) is 3.59. The molecule has 0 aliphatic rings. The molecule has 0 heterocycles. The molecule has 0 aromatic heterocycles. The predicted octanol–water partition coefficient (Wildman–Crippen LogP) is 3.42. The van der Waals surface area contributed by atoms with Crippen molar-refractivity contribution < 1.29 is 14.3 Å². The van der Waals surface area contributed by atoms with Crippen LogP contribution in [0.1, 0.15) is 23.7 Å². The third-order valence-electron chi connectivity index (χ3n) is 2.01. The Bertz CT molecular complexity index is 388. The molecule has 0 atom stereocenters. The first-order chi connectivity index (χ1) is 8.31. The lowest BCUT2D eigenvalue weighted by molar-refractivity contribution is 0.112. The summed E-state index contributed by atoms with van der Waals surface area (Å²) in [6, 6.07) is 5.14. The Morgan fingerprint density at radius 3 is 2.82 bits per heavy atom. The number of benzene rings is 1. The van der Waals surface area contributed by atoms with Crippen LogP contribution in [0.15, 0.2) is 29.8 Å². The number of hydrogen-bond donors (Lipinski definition) is 0. The highest BCUT2D eigenvalue weighted by molar-refractivity contribution is 6.25. The Balaban J connectivity index is 2.78. The second-order valence-electron chi connectivity index (χ2n) is 3.34. The van der Waals surface area contributed by atoms with Gasteiger partial charge in [0.1, 0.15) is 18.1 Å². The van der Waals surface area contributed by atoms with E-state index in [0.29, 0.717) is 30.3 Å². The molecule has 0 aliphatic carbocycles. The molecule has 0 unspecified atom stereocenters. The van der Waals surface area contributed by atoms with Crippen LogP contribution < -0.4 is 9.47 Å². The van der Waals surface area contributed by atoms with E-state index in [1.54, 1.807) is 24.3 Å². The van der Waals surface area contributed by atoms with Gasteiger partial charge in [-0.2, -0.15) is 0 Å². The van der Waals surface area contributed by atoms with Crippen molar-refractivity contribution in [3.63, 3.8) is 0 Å². The zero-order chi connectivity index (χ0) is 12.5. The minimum atomic E-state index is 0.321. The van der Waals surface area contributed by atoms with Crippen molar-refractivity contribution in [1.29, 1.82) is 0 Å². The van der Waals surface area contributed by atoms with E-state index in [0.717, 1.165) is 12.7 Å². The summed E-state index contributed by atoms with van der Waals surface area (Å²) in [6.07, 6.45) is 3.33. The molecule has 0 bridgehead atoms. The second kappa shape index (κ2) is 7.74. The van der Waals surface area contributed by atoms with E-state index in [2.05, 4.69) is 0 Å². The van der Waals surface area contributed by atoms with Crippen LogP contribution in [0.25, 0.3) is 0 Å². The minimum Gasteiger partial charge on any atom is -0.493 e. The SMILES string of the molecule is CCCOc1ccc(C=O)c(OC/C=C/Cl)c1. The molecule has 0 fully saturated rings. The number of halogens is 1. The van der Waals surface area contributed by atoms with Crippen LogP contribution in [0.2, 0.25) is 0 Å². The van der Waals surface area contributed by atoms with E-state index in [4.69, 9.17) is 21.1 Å². The van der Waals surface area contributed by atoms with Crippen molar-refractivity contribution in [2.45, 2.75) is 13.3 Å². The molecule has 0 saturated heterocycles. The Kier molecular flexibility index (Phi) is 6.18. The lowest BCUT2D eigenvalue weighted by Crippen LogP contribution is -1.99. The number of ether oxygens (including phenoxy) is 2. The lowest BCUT2D eigenvalue weighted by atomic mass is 10.2. The molecular weight excluding hydrogens is 240 g/mol. The van der Waals surface area contributed by atoms with Crippen LogP contribution in [-0.4, -0.2) is 19.5 Å². The molecular formula is C13H15ClO3. The van der Waals surface area contributed by atoms with Crippen molar-refractivity contribution in [3.8, 4) is 11.5 Å². The van der Waals surface area contributed by atoms with Crippen molar-refractivity contribution in [1.82, 2.24) is 0 Å². The minimum absolute atomic E-state index is 0.321. The maximum absolute atomic E-state index is 10.8. The summed E-state index contributed by atoms with van der Waals surface area (Å²) in [5.74, 6) is 1.20. The van der Waals surface area contributed by atoms with Crippen molar-refractivity contribution >= 4 is 17.9 Å². The summed E-state index contributed by atoms with van der Waals surface area (Å²) in [6.45, 7) is 2.99. The first-order valence-electron chi connectivity index (χ1n) is 5.41. The van der Waals surface area contributed by atoms with Gasteiger partial charge < -0.3 is 9.47 Å². The number of rotatable bonds is 7. The summed E-state index contributed by atoms with van der Waals surface area (Å²) in [7, 11) is 0. The normalized spacial score (nSPS) is 10.5. The molecule has 0 amide bonds. The Morgan fingerprint density at radius 2 is 2.18 bits per heavy atom. The summed E-state index contributed by atoms with van der Waals surface area (Å²) in [4.78, 5) is 10.8. The first kappa shape index (κ1) is 13.6. The summed E-state index contributed by atoms with van der Waals surface area (Å²) in [5, 5.41) is 0. The van der Waals surface area contributed by atoms with Gasteiger partial charge in [-0.3, -0.25) is 4.79 Å². The fraction of sp³-hybridized carbons (Fsp3) is 0.308. The van der Waals surface area contributed by atoms with Gasteiger partial charge in [0.05, 0.1) is 12.2 Å². The number of aldehydes is 1. The molecule has 3 nitrogen and oxygen atoms in total. The highest BCUT2D eigenvalue weighted by Crippen LogP contribution is 2.24. The van der Waals surface area contributed by atoms with E-state index in [1.807, 2.05) is 6.92 Å². The van der Waals surface area contributed by atoms with Crippen LogP contribution in [0.5, 0.6) is 11.5 Å². The van der Waals surface area contributed by atoms with Gasteiger partial charge in [0, 0.05) is 11.6 Å². The number of carbonyl (C=O) groups excluding carboxylic acids is 1. The average Bonchev–Trinajstić information content (AvgIpc) is 2.37. The quantitative estimate of drug-likeness (QED) is 0.700. The van der Waals surface area contributed by atoms with Crippen LogP contribution in [0.4, 0.5) is 0 Å². The van der Waals surface area contributed by atoms with E-state index in [1.165, 1.54) is 5.54 Å². The standard InChI is InChI=1S/C13H15ClO3/c1-2-7-16-12-5-4-11(10-15)13(9-12)17-8-3-6-14/h3-6,9-10H,2,7-8H2,1H3/b6-3+. The van der Waals surface area contributed by atoms with Crippen molar-refractivity contribution in [3.05, 3.63) is 35.4 Å². The van der Waals surface area contributed by atoms with Crippen LogP contribution in [-0.2, 0) is 0 Å². The fourth-order valence-corrected chi connectivity index (χ4v) is 1.29. The molecule has 0 saturated carbocycles. The van der Waals surface area contributed by atoms with Gasteiger partial charge in [0.15, 0.2) is 6.29 Å². The zero-order valence-corrected chi connectivity index (χ0v) is 10.4. The van der Waals surface area contributed by atoms with E-state index < -0.39 is 0 Å². The maximum atomic E-state index is 10.8. The van der Waals surface area contributed by atoms with Crippen LogP contribution in [0.3, 0.4) is 0 Å². The van der Waals surface area contributed by atoms with Gasteiger partial charge in [-0.25, -0.2) is 0 Å². The number of hydrogen-bond acceptors (Lipinski definition) is 3. The molecule has 92 valence electrons. The molecule has 17 heavy (non-hydrogen) atoms. The Labute approximate surface area is 106 Å². The largest absolute Gasteiger partial charge is 0.493 e. The molecule has 4 heteroatoms. The van der Waals surface area contributed by atoms with Gasteiger partial charge in [-0.15, -0.1) is 0 Å². The van der Waals surface area contributed by atoms with Crippen molar-refractivity contribution in [2.24, 2.45) is 0 Å². The van der Waals surface area contributed by atoms with E-state index >= 15 is 0 Å². The Hall–Kier alpha value is -1.48. The van der Waals surface area contributed by atoms with E-state index in [-0.39, 0.29) is 0 Å². The van der Waals surface area contributed by atoms with Gasteiger partial charge in [0.2, 0.25) is 0 Å². The topological polar surface area (TPSA) is 35.5 Å². The summed E-state index contributed by atoms with van der Waals surface area (Å²) < 4.78 is 10.9. The predicted molar refractivity (Wildman–Crippen MR) is 68.1 cm³/mol. The van der Waals surface area contributed by atoms with Gasteiger partial charge in [0.25, 0.3) is 0 Å². The van der Waals surface area contributed by atoms with Crippen LogP contribution >= 0.6 is 11.6 Å². The highest BCUT2D eigenvalue weighted by atomic mass is 35.5. The van der Waals surface area contributed by atoms with Crippen molar-refractivity contribution in [2.75, 3.05) is 13.2 Å². The number of carbonyl (C=O) groups is 1. The molecule has 1 aromatic carbocycles. The average molecular weight is 255 g/mol. The van der Waals surface area contributed by atoms with Gasteiger partial charge in [-0.05, 0) is 24.6 Å². The molecule has 0 aliphatic heterocycles. The van der Waals surface area contributed by atoms with Crippen LogP contribution in [0, 0.1) is 0 Å². The fourth-order valence-electron chi connectivity index (χ4n) is 1.22. The summed E-state index contributed by atoms with van der Waals surface area (Å²) in [5.41, 5.74) is 1.87. The summed E-state index contributed by atoms with van der Waals surface area (Å²) >= 11 is 5.39. The molecule has 0 N–H and O–H groups in total. The smallest absolute Gasteiger partial charge is 0.153 e.